The smallest absolute Gasteiger partial charge is 0.353 e. The molecule has 0 unspecified atom stereocenters. The first-order valence-electron chi connectivity index (χ1n) is 6.17. The summed E-state index contributed by atoms with van der Waals surface area (Å²) in [7, 11) is 0. The molecule has 20 heavy (non-hydrogen) atoms. The Balaban J connectivity index is 2.76. The predicted octanol–water partition coefficient (Wildman–Crippen LogP) is 4.29. The second-order valence-electron chi connectivity index (χ2n) is 4.21. The zero-order valence-corrected chi connectivity index (χ0v) is 11.7. The first-order chi connectivity index (χ1) is 9.34. The van der Waals surface area contributed by atoms with Crippen molar-refractivity contribution in [3.05, 3.63) is 40.4 Å². The molecular formula is C14H15ClF3NO. The minimum absolute atomic E-state index is 0.271. The van der Waals surface area contributed by atoms with Gasteiger partial charge in [-0.05, 0) is 30.2 Å². The summed E-state index contributed by atoms with van der Waals surface area (Å²) in [5.74, 6) is -0.332. The van der Waals surface area contributed by atoms with E-state index in [1.54, 1.807) is 0 Å². The maximum atomic E-state index is 12.6. The number of amides is 1. The highest BCUT2D eigenvalue weighted by molar-refractivity contribution is 6.31. The molecule has 0 saturated carbocycles. The molecule has 1 aromatic carbocycles. The van der Waals surface area contributed by atoms with Crippen LogP contribution in [-0.4, -0.2) is 12.5 Å². The Morgan fingerprint density at radius 3 is 2.70 bits per heavy atom. The molecule has 0 radical (unpaired) electrons. The van der Waals surface area contributed by atoms with E-state index in [1.807, 2.05) is 6.92 Å². The summed E-state index contributed by atoms with van der Waals surface area (Å²) >= 11 is 5.50. The molecule has 2 nitrogen and oxygen atoms in total. The highest BCUT2D eigenvalue weighted by Gasteiger charge is 2.33. The fourth-order valence-corrected chi connectivity index (χ4v) is 1.71. The van der Waals surface area contributed by atoms with E-state index in [0.29, 0.717) is 6.54 Å². The summed E-state index contributed by atoms with van der Waals surface area (Å²) in [6.07, 6.45) is -0.162. The molecule has 0 bridgehead atoms. The number of carbonyl (C=O) groups is 1. The van der Waals surface area contributed by atoms with Crippen LogP contribution in [0.15, 0.2) is 24.3 Å². The van der Waals surface area contributed by atoms with Crippen LogP contribution in [0, 0.1) is 0 Å². The fraction of sp³-hybridized carbons (Fsp3) is 0.357. The average molecular weight is 306 g/mol. The van der Waals surface area contributed by atoms with Crippen molar-refractivity contribution in [1.29, 1.82) is 0 Å². The quantitative estimate of drug-likeness (QED) is 0.638. The minimum atomic E-state index is -4.51. The lowest BCUT2D eigenvalue weighted by molar-refractivity contribution is -0.137. The molecule has 0 fully saturated rings. The Morgan fingerprint density at radius 2 is 2.10 bits per heavy atom. The molecule has 0 aromatic heterocycles. The van der Waals surface area contributed by atoms with Gasteiger partial charge in [0.25, 0.3) is 0 Å². The third-order valence-corrected chi connectivity index (χ3v) is 2.88. The van der Waals surface area contributed by atoms with Gasteiger partial charge in [0.2, 0.25) is 5.91 Å². The molecule has 1 amide bonds. The maximum absolute atomic E-state index is 12.6. The molecule has 0 saturated heterocycles. The number of alkyl halides is 3. The van der Waals surface area contributed by atoms with Crippen LogP contribution in [0.3, 0.4) is 0 Å². The Labute approximate surface area is 120 Å². The van der Waals surface area contributed by atoms with Crippen LogP contribution in [0.1, 0.15) is 30.9 Å². The van der Waals surface area contributed by atoms with Crippen LogP contribution < -0.4 is 5.32 Å². The van der Waals surface area contributed by atoms with Gasteiger partial charge < -0.3 is 5.32 Å². The molecule has 1 rings (SSSR count). The first-order valence-corrected chi connectivity index (χ1v) is 6.55. The van der Waals surface area contributed by atoms with Gasteiger partial charge >= 0.3 is 6.18 Å². The molecule has 110 valence electrons. The molecule has 6 heteroatoms. The number of rotatable bonds is 5. The van der Waals surface area contributed by atoms with Gasteiger partial charge in [-0.2, -0.15) is 13.2 Å². The Kier molecular flexibility index (Phi) is 6.07. The van der Waals surface area contributed by atoms with E-state index in [-0.39, 0.29) is 16.5 Å². The van der Waals surface area contributed by atoms with Crippen LogP contribution >= 0.6 is 11.6 Å². The molecule has 0 aliphatic rings. The molecule has 1 N–H and O–H groups in total. The van der Waals surface area contributed by atoms with E-state index in [0.717, 1.165) is 18.9 Å². The number of halogens is 4. The molecule has 0 spiro atoms. The second-order valence-corrected chi connectivity index (χ2v) is 4.62. The lowest BCUT2D eigenvalue weighted by Crippen LogP contribution is -2.21. The van der Waals surface area contributed by atoms with E-state index in [4.69, 9.17) is 11.6 Å². The molecule has 1 aromatic rings. The highest BCUT2D eigenvalue weighted by atomic mass is 35.5. The van der Waals surface area contributed by atoms with Gasteiger partial charge in [-0.15, -0.1) is 0 Å². The van der Waals surface area contributed by atoms with Crippen molar-refractivity contribution in [2.45, 2.75) is 25.9 Å². The zero-order valence-electron chi connectivity index (χ0n) is 10.9. The normalized spacial score (nSPS) is 11.8. The molecule has 0 heterocycles. The van der Waals surface area contributed by atoms with Gasteiger partial charge in [0.05, 0.1) is 10.6 Å². The first kappa shape index (κ1) is 16.6. The summed E-state index contributed by atoms with van der Waals surface area (Å²) < 4.78 is 37.9. The van der Waals surface area contributed by atoms with E-state index in [1.165, 1.54) is 24.3 Å². The number of hydrogen-bond acceptors (Lipinski definition) is 1. The van der Waals surface area contributed by atoms with Crippen molar-refractivity contribution < 1.29 is 18.0 Å². The molecule has 0 aliphatic heterocycles. The molecule has 0 atom stereocenters. The predicted molar refractivity (Wildman–Crippen MR) is 73.4 cm³/mol. The van der Waals surface area contributed by atoms with Gasteiger partial charge in [-0.25, -0.2) is 0 Å². The van der Waals surface area contributed by atoms with Crippen molar-refractivity contribution in [2.24, 2.45) is 0 Å². The SMILES string of the molecule is CCCCNC(=O)/C=C/c1ccc(Cl)c(C(F)(F)F)c1. The van der Waals surface area contributed by atoms with Gasteiger partial charge in [-0.1, -0.05) is 31.0 Å². The number of unbranched alkanes of at least 4 members (excludes halogenated alkanes) is 1. The summed E-state index contributed by atoms with van der Waals surface area (Å²) in [5, 5.41) is 2.28. The Hall–Kier alpha value is -1.49. The van der Waals surface area contributed by atoms with Crippen LogP contribution in [0.4, 0.5) is 13.2 Å². The van der Waals surface area contributed by atoms with E-state index < -0.39 is 11.7 Å². The fourth-order valence-electron chi connectivity index (χ4n) is 1.48. The van der Waals surface area contributed by atoms with Gasteiger partial charge in [0.1, 0.15) is 0 Å². The topological polar surface area (TPSA) is 29.1 Å². The minimum Gasteiger partial charge on any atom is -0.353 e. The van der Waals surface area contributed by atoms with Crippen molar-refractivity contribution in [2.75, 3.05) is 6.54 Å². The number of benzene rings is 1. The zero-order chi connectivity index (χ0) is 15.2. The van der Waals surface area contributed by atoms with Crippen LogP contribution in [0.25, 0.3) is 6.08 Å². The van der Waals surface area contributed by atoms with E-state index in [2.05, 4.69) is 5.32 Å². The van der Waals surface area contributed by atoms with Crippen LogP contribution in [0.2, 0.25) is 5.02 Å². The maximum Gasteiger partial charge on any atom is 0.417 e. The van der Waals surface area contributed by atoms with Gasteiger partial charge in [0.15, 0.2) is 0 Å². The lowest BCUT2D eigenvalue weighted by atomic mass is 10.1. The Morgan fingerprint density at radius 1 is 1.40 bits per heavy atom. The third-order valence-electron chi connectivity index (χ3n) is 2.55. The number of hydrogen-bond donors (Lipinski definition) is 1. The van der Waals surface area contributed by atoms with Crippen LogP contribution in [-0.2, 0) is 11.0 Å². The van der Waals surface area contributed by atoms with Gasteiger partial charge in [-0.3, -0.25) is 4.79 Å². The summed E-state index contributed by atoms with van der Waals surface area (Å²) in [5.41, 5.74) is -0.639. The molecular weight excluding hydrogens is 291 g/mol. The summed E-state index contributed by atoms with van der Waals surface area (Å²) in [4.78, 5) is 11.4. The largest absolute Gasteiger partial charge is 0.417 e. The van der Waals surface area contributed by atoms with Gasteiger partial charge in [0, 0.05) is 12.6 Å². The van der Waals surface area contributed by atoms with E-state index >= 15 is 0 Å². The van der Waals surface area contributed by atoms with E-state index in [9.17, 15) is 18.0 Å². The lowest BCUT2D eigenvalue weighted by Gasteiger charge is -2.09. The highest BCUT2D eigenvalue weighted by Crippen LogP contribution is 2.35. The van der Waals surface area contributed by atoms with Crippen LogP contribution in [0.5, 0.6) is 0 Å². The molecule has 0 aliphatic carbocycles. The number of nitrogens with one attached hydrogen (secondary N) is 1. The van der Waals surface area contributed by atoms with Crippen molar-refractivity contribution in [3.8, 4) is 0 Å². The average Bonchev–Trinajstić information content (AvgIpc) is 2.36. The third kappa shape index (κ3) is 5.25. The Bertz CT molecular complexity index is 498. The standard InChI is InChI=1S/C14H15ClF3NO/c1-2-3-8-19-13(20)7-5-10-4-6-12(15)11(9-10)14(16,17)18/h4-7,9H,2-3,8H2,1H3,(H,19,20)/b7-5+. The summed E-state index contributed by atoms with van der Waals surface area (Å²) in [6, 6.07) is 3.50. The number of carbonyl (C=O) groups excluding carboxylic acids is 1. The second kappa shape index (κ2) is 7.33. The monoisotopic (exact) mass is 305 g/mol. The van der Waals surface area contributed by atoms with Crippen molar-refractivity contribution in [1.82, 2.24) is 5.32 Å². The van der Waals surface area contributed by atoms with Crippen molar-refractivity contribution in [3.63, 3.8) is 0 Å². The summed E-state index contributed by atoms with van der Waals surface area (Å²) in [6.45, 7) is 2.54. The van der Waals surface area contributed by atoms with Crippen molar-refractivity contribution >= 4 is 23.6 Å².